The van der Waals surface area contributed by atoms with Crippen LogP contribution in [0.5, 0.6) is 0 Å². The molecule has 37 heavy (non-hydrogen) atoms. The van der Waals surface area contributed by atoms with Gasteiger partial charge in [-0.1, -0.05) is 17.7 Å². The number of hydrogen-bond acceptors (Lipinski definition) is 6. The zero-order valence-corrected chi connectivity index (χ0v) is 20.7. The molecule has 5 rings (SSSR count). The number of nitrogens with two attached hydrogens (primary N) is 1. The summed E-state index contributed by atoms with van der Waals surface area (Å²) >= 11 is 6.40. The lowest BCUT2D eigenvalue weighted by Crippen LogP contribution is -2.10. The number of aromatic nitrogens is 6. The van der Waals surface area contributed by atoms with E-state index in [4.69, 9.17) is 22.3 Å². The van der Waals surface area contributed by atoms with E-state index >= 15 is 0 Å². The van der Waals surface area contributed by atoms with E-state index in [1.165, 1.54) is 12.1 Å². The van der Waals surface area contributed by atoms with E-state index in [1.54, 1.807) is 59.3 Å². The summed E-state index contributed by atoms with van der Waals surface area (Å²) in [5, 5.41) is 16.3. The minimum absolute atomic E-state index is 0.342. The van der Waals surface area contributed by atoms with Gasteiger partial charge in [-0.15, -0.1) is 10.2 Å². The molecule has 0 aliphatic rings. The lowest BCUT2D eigenvalue weighted by atomic mass is 9.99. The number of halogens is 2. The summed E-state index contributed by atoms with van der Waals surface area (Å²) in [6, 6.07) is 13.1. The number of rotatable bonds is 7. The molecule has 0 aliphatic heterocycles. The summed E-state index contributed by atoms with van der Waals surface area (Å²) in [5.41, 5.74) is 9.22. The normalized spacial score (nSPS) is 11.0. The van der Waals surface area contributed by atoms with E-state index in [-0.39, 0.29) is 5.82 Å². The molecular weight excluding hydrogens is 495 g/mol. The van der Waals surface area contributed by atoms with Crippen LogP contribution in [0.1, 0.15) is 17.3 Å². The van der Waals surface area contributed by atoms with Crippen molar-refractivity contribution in [2.24, 2.45) is 12.8 Å². The summed E-state index contributed by atoms with van der Waals surface area (Å²) in [5.74, 6) is 0.745. The number of nitrogens with one attached hydrogen (secondary N) is 1. The van der Waals surface area contributed by atoms with Crippen LogP contribution >= 0.6 is 11.6 Å². The van der Waals surface area contributed by atoms with Gasteiger partial charge in [-0.05, 0) is 60.5 Å². The van der Waals surface area contributed by atoms with E-state index in [9.17, 15) is 9.18 Å². The van der Waals surface area contributed by atoms with Crippen LogP contribution < -0.4 is 11.1 Å². The third-order valence-corrected chi connectivity index (χ3v) is 6.12. The lowest BCUT2D eigenvalue weighted by Gasteiger charge is -2.13. The van der Waals surface area contributed by atoms with Gasteiger partial charge in [0.2, 0.25) is 5.91 Å². The van der Waals surface area contributed by atoms with Crippen molar-refractivity contribution in [3.63, 3.8) is 0 Å². The maximum atomic E-state index is 14.3. The molecule has 1 amide bonds. The molecule has 2 aromatic carbocycles. The van der Waals surface area contributed by atoms with Crippen LogP contribution in [0.3, 0.4) is 0 Å². The third kappa shape index (κ3) is 4.78. The smallest absolute Gasteiger partial charge is 0.248 e. The Bertz CT molecular complexity index is 1630. The van der Waals surface area contributed by atoms with Crippen LogP contribution in [0.4, 0.5) is 10.2 Å². The zero-order chi connectivity index (χ0) is 26.1. The molecule has 0 bridgehead atoms. The van der Waals surface area contributed by atoms with Crippen LogP contribution in [-0.4, -0.2) is 42.0 Å². The highest BCUT2D eigenvalue weighted by atomic mass is 35.5. The SMILES string of the molecule is CCNc1cc(-c2ccc(F)cc2-c2nncn2C)cc(-n2cc(-c3cc(C(N)=O)ccc3Cl)cn2)n1. The summed E-state index contributed by atoms with van der Waals surface area (Å²) < 4.78 is 17.6. The number of amides is 1. The zero-order valence-electron chi connectivity index (χ0n) is 20.0. The molecule has 186 valence electrons. The van der Waals surface area contributed by atoms with Gasteiger partial charge in [0.05, 0.1) is 6.20 Å². The molecule has 3 heterocycles. The summed E-state index contributed by atoms with van der Waals surface area (Å²) in [6.45, 7) is 2.62. The minimum atomic E-state index is -0.548. The van der Waals surface area contributed by atoms with Crippen LogP contribution in [-0.2, 0) is 7.05 Å². The molecule has 5 aromatic rings. The molecule has 0 saturated carbocycles. The van der Waals surface area contributed by atoms with Crippen molar-refractivity contribution in [2.75, 3.05) is 11.9 Å². The monoisotopic (exact) mass is 516 g/mol. The molecule has 9 nitrogen and oxygen atoms in total. The molecule has 0 fully saturated rings. The largest absolute Gasteiger partial charge is 0.370 e. The highest BCUT2D eigenvalue weighted by Crippen LogP contribution is 2.34. The van der Waals surface area contributed by atoms with E-state index in [0.29, 0.717) is 51.3 Å². The summed E-state index contributed by atoms with van der Waals surface area (Å²) in [7, 11) is 1.80. The third-order valence-electron chi connectivity index (χ3n) is 5.79. The predicted molar refractivity (Wildman–Crippen MR) is 140 cm³/mol. The van der Waals surface area contributed by atoms with Gasteiger partial charge in [0, 0.05) is 47.1 Å². The number of anilines is 1. The molecule has 0 aliphatic carbocycles. The second-order valence-corrected chi connectivity index (χ2v) is 8.72. The first kappa shape index (κ1) is 24.1. The topological polar surface area (TPSA) is 117 Å². The van der Waals surface area contributed by atoms with Gasteiger partial charge in [-0.3, -0.25) is 4.79 Å². The van der Waals surface area contributed by atoms with Crippen LogP contribution in [0.2, 0.25) is 5.02 Å². The van der Waals surface area contributed by atoms with Gasteiger partial charge in [0.1, 0.15) is 18.0 Å². The first-order chi connectivity index (χ1) is 17.8. The van der Waals surface area contributed by atoms with Gasteiger partial charge < -0.3 is 15.6 Å². The summed E-state index contributed by atoms with van der Waals surface area (Å²) in [4.78, 5) is 16.4. The highest BCUT2D eigenvalue weighted by molar-refractivity contribution is 6.33. The number of nitrogens with zero attached hydrogens (tertiary/aromatic N) is 6. The summed E-state index contributed by atoms with van der Waals surface area (Å²) in [6.07, 6.45) is 4.97. The fourth-order valence-electron chi connectivity index (χ4n) is 4.03. The van der Waals surface area contributed by atoms with Gasteiger partial charge >= 0.3 is 0 Å². The number of pyridine rings is 1. The maximum absolute atomic E-state index is 14.3. The van der Waals surface area contributed by atoms with Crippen molar-refractivity contribution in [3.8, 4) is 39.5 Å². The molecule has 11 heteroatoms. The van der Waals surface area contributed by atoms with E-state index in [2.05, 4.69) is 20.6 Å². The van der Waals surface area contributed by atoms with Crippen LogP contribution in [0.25, 0.3) is 39.5 Å². The quantitative estimate of drug-likeness (QED) is 0.323. The predicted octanol–water partition coefficient (Wildman–Crippen LogP) is 4.72. The van der Waals surface area contributed by atoms with Crippen LogP contribution in [0.15, 0.2) is 67.3 Å². The molecular formula is C26H22ClFN8O. The van der Waals surface area contributed by atoms with Gasteiger partial charge in [0.15, 0.2) is 11.6 Å². The Hall–Kier alpha value is -4.57. The van der Waals surface area contributed by atoms with Crippen LogP contribution in [0, 0.1) is 5.82 Å². The van der Waals surface area contributed by atoms with Gasteiger partial charge in [0.25, 0.3) is 0 Å². The second kappa shape index (κ2) is 9.82. The van der Waals surface area contributed by atoms with Gasteiger partial charge in [-0.2, -0.15) is 5.10 Å². The minimum Gasteiger partial charge on any atom is -0.370 e. The molecule has 3 N–H and O–H groups in total. The Labute approximate surface area is 216 Å². The molecule has 0 radical (unpaired) electrons. The molecule has 0 saturated heterocycles. The number of benzene rings is 2. The van der Waals surface area contributed by atoms with Crippen molar-refractivity contribution < 1.29 is 9.18 Å². The maximum Gasteiger partial charge on any atom is 0.248 e. The van der Waals surface area contributed by atoms with Crippen molar-refractivity contribution in [1.82, 2.24) is 29.5 Å². The molecule has 0 spiro atoms. The molecule has 3 aromatic heterocycles. The van der Waals surface area contributed by atoms with Crippen molar-refractivity contribution >= 4 is 23.3 Å². The standard InChI is InChI=1S/C26H22ClFN8O/c1-3-30-23-9-16(19-6-5-18(28)11-21(19)26-34-31-14-35(26)2)10-24(33-23)36-13-17(12-32-36)20-8-15(25(29)37)4-7-22(20)27/h4-14H,3H2,1-2H3,(H2,29,37)(H,30,33). The number of carbonyl (C=O) groups excluding carboxylic acids is 1. The number of primary amides is 1. The van der Waals surface area contributed by atoms with Crippen molar-refractivity contribution in [1.29, 1.82) is 0 Å². The Morgan fingerprint density at radius 1 is 1.08 bits per heavy atom. The Balaban J connectivity index is 1.63. The number of aryl methyl sites for hydroxylation is 1. The molecule has 0 atom stereocenters. The fraction of sp³-hybridized carbons (Fsp3) is 0.115. The van der Waals surface area contributed by atoms with E-state index < -0.39 is 5.91 Å². The average Bonchev–Trinajstić information content (AvgIpc) is 3.53. The Morgan fingerprint density at radius 3 is 2.65 bits per heavy atom. The van der Waals surface area contributed by atoms with Gasteiger partial charge in [-0.25, -0.2) is 14.1 Å². The first-order valence-corrected chi connectivity index (χ1v) is 11.8. The average molecular weight is 517 g/mol. The Morgan fingerprint density at radius 2 is 1.92 bits per heavy atom. The number of carbonyl (C=O) groups is 1. The fourth-order valence-corrected chi connectivity index (χ4v) is 4.25. The first-order valence-electron chi connectivity index (χ1n) is 11.4. The number of hydrogen-bond donors (Lipinski definition) is 2. The highest BCUT2D eigenvalue weighted by Gasteiger charge is 2.17. The van der Waals surface area contributed by atoms with Crippen molar-refractivity contribution in [2.45, 2.75) is 6.92 Å². The lowest BCUT2D eigenvalue weighted by molar-refractivity contribution is 0.100. The Kier molecular flexibility index (Phi) is 6.41. The second-order valence-electron chi connectivity index (χ2n) is 8.32. The van der Waals surface area contributed by atoms with E-state index in [0.717, 1.165) is 11.1 Å². The van der Waals surface area contributed by atoms with Crippen molar-refractivity contribution in [3.05, 3.63) is 83.7 Å². The van der Waals surface area contributed by atoms with E-state index in [1.807, 2.05) is 19.1 Å². The molecule has 0 unspecified atom stereocenters.